The number of aliphatic carboxylic acids is 1. The van der Waals surface area contributed by atoms with Gasteiger partial charge in [0.05, 0.1) is 11.3 Å². The van der Waals surface area contributed by atoms with Gasteiger partial charge in [0.2, 0.25) is 5.91 Å². The second-order valence-corrected chi connectivity index (χ2v) is 7.09. The minimum absolute atomic E-state index is 0.00791. The summed E-state index contributed by atoms with van der Waals surface area (Å²) in [4.78, 5) is 23.7. The van der Waals surface area contributed by atoms with Crippen LogP contribution in [0, 0.1) is 5.41 Å². The predicted molar refractivity (Wildman–Crippen MR) is 97.9 cm³/mol. The predicted octanol–water partition coefficient (Wildman–Crippen LogP) is 4.49. The lowest BCUT2D eigenvalue weighted by Crippen LogP contribution is -2.26. The van der Waals surface area contributed by atoms with E-state index >= 15 is 0 Å². The van der Waals surface area contributed by atoms with Crippen molar-refractivity contribution >= 4 is 29.2 Å². The molecule has 2 N–H and O–H groups in total. The van der Waals surface area contributed by atoms with Crippen molar-refractivity contribution in [3.8, 4) is 0 Å². The van der Waals surface area contributed by atoms with Crippen LogP contribution in [0.1, 0.15) is 36.8 Å². The zero-order valence-corrected chi connectivity index (χ0v) is 14.7. The maximum Gasteiger partial charge on any atom is 0.310 e. The van der Waals surface area contributed by atoms with E-state index in [0.29, 0.717) is 22.7 Å². The monoisotopic (exact) mass is 357 g/mol. The van der Waals surface area contributed by atoms with Gasteiger partial charge in [0, 0.05) is 10.7 Å². The number of carboxylic acid groups (broad SMARTS) is 1. The number of hydrogen-bond acceptors (Lipinski definition) is 2. The Bertz CT molecular complexity index is 797. The highest BCUT2D eigenvalue weighted by molar-refractivity contribution is 6.31. The van der Waals surface area contributed by atoms with Crippen LogP contribution in [0.15, 0.2) is 48.5 Å². The van der Waals surface area contributed by atoms with Crippen molar-refractivity contribution in [3.63, 3.8) is 0 Å². The molecule has 0 spiro atoms. The molecule has 1 atom stereocenters. The van der Waals surface area contributed by atoms with Crippen LogP contribution in [0.3, 0.4) is 0 Å². The molecule has 1 aliphatic rings. The molecule has 0 heterocycles. The van der Waals surface area contributed by atoms with Crippen molar-refractivity contribution in [1.82, 2.24) is 0 Å². The van der Waals surface area contributed by atoms with Gasteiger partial charge in [-0.3, -0.25) is 9.59 Å². The lowest BCUT2D eigenvalue weighted by molar-refractivity contribution is -0.138. The molecule has 2 aromatic rings. The van der Waals surface area contributed by atoms with Crippen molar-refractivity contribution in [1.29, 1.82) is 0 Å². The number of hydrogen-bond donors (Lipinski definition) is 2. The zero-order chi connectivity index (χ0) is 18.0. The summed E-state index contributed by atoms with van der Waals surface area (Å²) in [6, 6.07) is 14.6. The van der Waals surface area contributed by atoms with Crippen LogP contribution < -0.4 is 5.32 Å². The molecular formula is C20H20ClNO3. The van der Waals surface area contributed by atoms with E-state index in [2.05, 4.69) is 5.32 Å². The van der Waals surface area contributed by atoms with Gasteiger partial charge in [-0.25, -0.2) is 0 Å². The van der Waals surface area contributed by atoms with Crippen LogP contribution in [0.25, 0.3) is 0 Å². The Kier molecular flexibility index (Phi) is 4.82. The summed E-state index contributed by atoms with van der Waals surface area (Å²) in [6.07, 6.45) is 2.32. The molecule has 0 aromatic heterocycles. The Morgan fingerprint density at radius 1 is 1.16 bits per heavy atom. The van der Waals surface area contributed by atoms with Gasteiger partial charge in [-0.05, 0) is 55.5 Å². The highest BCUT2D eigenvalue weighted by Crippen LogP contribution is 2.50. The van der Waals surface area contributed by atoms with Crippen LogP contribution >= 0.6 is 11.6 Å². The van der Waals surface area contributed by atoms with Crippen molar-refractivity contribution < 1.29 is 14.7 Å². The number of anilines is 1. The molecule has 1 unspecified atom stereocenters. The van der Waals surface area contributed by atoms with E-state index in [9.17, 15) is 9.59 Å². The molecule has 1 saturated carbocycles. The van der Waals surface area contributed by atoms with E-state index < -0.39 is 17.3 Å². The van der Waals surface area contributed by atoms with Crippen molar-refractivity contribution in [2.75, 3.05) is 5.32 Å². The van der Waals surface area contributed by atoms with Gasteiger partial charge in [0.15, 0.2) is 0 Å². The van der Waals surface area contributed by atoms with E-state index in [-0.39, 0.29) is 5.91 Å². The number of amides is 1. The topological polar surface area (TPSA) is 66.4 Å². The molecule has 1 aliphatic carbocycles. The Balaban J connectivity index is 1.68. The summed E-state index contributed by atoms with van der Waals surface area (Å²) < 4.78 is 0. The molecule has 0 bridgehead atoms. The lowest BCUT2D eigenvalue weighted by atomic mass is 9.95. The normalized spacial score (nSPS) is 16.1. The fraction of sp³-hybridized carbons (Fsp3) is 0.300. The van der Waals surface area contributed by atoms with E-state index in [1.807, 2.05) is 24.3 Å². The number of carbonyl (C=O) groups is 2. The summed E-state index contributed by atoms with van der Waals surface area (Å²) in [5.41, 5.74) is 1.99. The Morgan fingerprint density at radius 2 is 1.80 bits per heavy atom. The summed E-state index contributed by atoms with van der Waals surface area (Å²) in [5, 5.41) is 12.7. The van der Waals surface area contributed by atoms with E-state index in [4.69, 9.17) is 16.7 Å². The van der Waals surface area contributed by atoms with Gasteiger partial charge in [-0.1, -0.05) is 41.9 Å². The van der Waals surface area contributed by atoms with Crippen LogP contribution in [0.5, 0.6) is 0 Å². The standard InChI is InChI=1S/C20H20ClNO3/c1-13(18(23)24)14-6-8-16(9-7-14)22-19(25)20(10-11-20)12-15-4-2-3-5-17(15)21/h2-9,13H,10-12H2,1H3,(H,22,25)(H,23,24). The molecule has 2 aromatic carbocycles. The molecule has 0 aliphatic heterocycles. The van der Waals surface area contributed by atoms with Crippen LogP contribution in [-0.2, 0) is 16.0 Å². The van der Waals surface area contributed by atoms with Crippen molar-refractivity contribution in [2.45, 2.75) is 32.1 Å². The maximum atomic E-state index is 12.7. The van der Waals surface area contributed by atoms with Gasteiger partial charge in [0.25, 0.3) is 0 Å². The second kappa shape index (κ2) is 6.89. The quantitative estimate of drug-likeness (QED) is 0.800. The zero-order valence-electron chi connectivity index (χ0n) is 14.0. The Hall–Kier alpha value is -2.33. The fourth-order valence-electron chi connectivity index (χ4n) is 2.90. The third-order valence-corrected chi connectivity index (χ3v) is 5.23. The van der Waals surface area contributed by atoms with Gasteiger partial charge in [-0.2, -0.15) is 0 Å². The minimum Gasteiger partial charge on any atom is -0.481 e. The minimum atomic E-state index is -0.867. The average molecular weight is 358 g/mol. The maximum absolute atomic E-state index is 12.7. The molecule has 130 valence electrons. The first kappa shape index (κ1) is 17.5. The number of benzene rings is 2. The first-order valence-corrected chi connectivity index (χ1v) is 8.67. The second-order valence-electron chi connectivity index (χ2n) is 6.68. The Morgan fingerprint density at radius 3 is 2.36 bits per heavy atom. The number of halogens is 1. The molecule has 1 amide bonds. The van der Waals surface area contributed by atoms with E-state index in [1.165, 1.54) is 0 Å². The average Bonchev–Trinajstić information content (AvgIpc) is 3.38. The largest absolute Gasteiger partial charge is 0.481 e. The van der Waals surface area contributed by atoms with Crippen LogP contribution in [-0.4, -0.2) is 17.0 Å². The SMILES string of the molecule is CC(C(=O)O)c1ccc(NC(=O)C2(Cc3ccccc3Cl)CC2)cc1. The molecule has 0 saturated heterocycles. The van der Waals surface area contributed by atoms with Gasteiger partial charge < -0.3 is 10.4 Å². The van der Waals surface area contributed by atoms with Gasteiger partial charge >= 0.3 is 5.97 Å². The molecule has 25 heavy (non-hydrogen) atoms. The lowest BCUT2D eigenvalue weighted by Gasteiger charge is -2.16. The van der Waals surface area contributed by atoms with E-state index in [0.717, 1.165) is 18.4 Å². The summed E-state index contributed by atoms with van der Waals surface area (Å²) >= 11 is 6.22. The third kappa shape index (κ3) is 3.85. The fourth-order valence-corrected chi connectivity index (χ4v) is 3.11. The summed E-state index contributed by atoms with van der Waals surface area (Å²) in [5.74, 6) is -1.44. The molecule has 5 heteroatoms. The summed E-state index contributed by atoms with van der Waals surface area (Å²) in [6.45, 7) is 1.64. The van der Waals surface area contributed by atoms with Gasteiger partial charge in [0.1, 0.15) is 0 Å². The van der Waals surface area contributed by atoms with Crippen molar-refractivity contribution in [2.24, 2.45) is 5.41 Å². The van der Waals surface area contributed by atoms with Crippen molar-refractivity contribution in [3.05, 3.63) is 64.7 Å². The first-order valence-electron chi connectivity index (χ1n) is 8.29. The number of nitrogens with one attached hydrogen (secondary N) is 1. The number of carboxylic acids is 1. The van der Waals surface area contributed by atoms with Crippen LogP contribution in [0.4, 0.5) is 5.69 Å². The highest BCUT2D eigenvalue weighted by Gasteiger charge is 2.49. The number of carbonyl (C=O) groups excluding carboxylic acids is 1. The smallest absolute Gasteiger partial charge is 0.310 e. The van der Waals surface area contributed by atoms with Gasteiger partial charge in [-0.15, -0.1) is 0 Å². The molecular weight excluding hydrogens is 338 g/mol. The molecule has 3 rings (SSSR count). The van der Waals surface area contributed by atoms with E-state index in [1.54, 1.807) is 31.2 Å². The summed E-state index contributed by atoms with van der Waals surface area (Å²) in [7, 11) is 0. The van der Waals surface area contributed by atoms with Crippen LogP contribution in [0.2, 0.25) is 5.02 Å². The molecule has 1 fully saturated rings. The third-order valence-electron chi connectivity index (χ3n) is 4.86. The highest BCUT2D eigenvalue weighted by atomic mass is 35.5. The molecule has 0 radical (unpaired) electrons. The number of rotatable bonds is 6. The Labute approximate surface area is 151 Å². The molecule has 4 nitrogen and oxygen atoms in total. The first-order chi connectivity index (χ1) is 11.9.